The first-order valence-electron chi connectivity index (χ1n) is 7.43. The third-order valence-corrected chi connectivity index (χ3v) is 4.39. The molecule has 1 fully saturated rings. The predicted molar refractivity (Wildman–Crippen MR) is 83.5 cm³/mol. The molecule has 0 amide bonds. The van der Waals surface area contributed by atoms with Gasteiger partial charge in [-0.05, 0) is 39.7 Å². The van der Waals surface area contributed by atoms with Gasteiger partial charge in [-0.25, -0.2) is 0 Å². The van der Waals surface area contributed by atoms with E-state index >= 15 is 0 Å². The number of piperidine rings is 1. The first-order valence-corrected chi connectivity index (χ1v) is 7.43. The molecule has 0 bridgehead atoms. The van der Waals surface area contributed by atoms with Gasteiger partial charge in [0.15, 0.2) is 0 Å². The highest BCUT2D eigenvalue weighted by Gasteiger charge is 2.48. The van der Waals surface area contributed by atoms with Crippen molar-refractivity contribution < 1.29 is 15.1 Å². The fourth-order valence-corrected chi connectivity index (χ4v) is 3.77. The van der Waals surface area contributed by atoms with Gasteiger partial charge in [-0.1, -0.05) is 12.1 Å². The van der Waals surface area contributed by atoms with E-state index in [4.69, 9.17) is 0 Å². The Labute approximate surface area is 130 Å². The van der Waals surface area contributed by atoms with E-state index in [1.54, 1.807) is 12.1 Å². The van der Waals surface area contributed by atoms with Gasteiger partial charge < -0.3 is 15.5 Å². The Kier molecular flexibility index (Phi) is 4.30. The summed E-state index contributed by atoms with van der Waals surface area (Å²) in [7, 11) is 0. The molecule has 122 valence electrons. The summed E-state index contributed by atoms with van der Waals surface area (Å²) in [6.45, 7) is 7.88. The van der Waals surface area contributed by atoms with E-state index in [-0.39, 0.29) is 11.2 Å². The maximum atomic E-state index is 10.9. The van der Waals surface area contributed by atoms with Gasteiger partial charge >= 0.3 is 0 Å². The number of aliphatic hydroxyl groups excluding tert-OH is 2. The fourth-order valence-electron chi connectivity index (χ4n) is 3.77. The summed E-state index contributed by atoms with van der Waals surface area (Å²) in [6.07, 6.45) is -1.17. The molecule has 0 aromatic heterocycles. The van der Waals surface area contributed by atoms with E-state index in [1.807, 2.05) is 27.7 Å². The van der Waals surface area contributed by atoms with Crippen molar-refractivity contribution >= 4 is 5.69 Å². The fraction of sp³-hybridized carbons (Fsp3) is 0.625. The normalized spacial score (nSPS) is 28.1. The molecule has 1 aromatic carbocycles. The number of non-ortho nitro benzene ring substituents is 1. The molecule has 3 atom stereocenters. The number of aliphatic hydroxyl groups is 2. The zero-order valence-electron chi connectivity index (χ0n) is 13.4. The quantitative estimate of drug-likeness (QED) is 0.587. The van der Waals surface area contributed by atoms with E-state index in [9.17, 15) is 20.3 Å². The lowest BCUT2D eigenvalue weighted by molar-refractivity contribution is -0.385. The van der Waals surface area contributed by atoms with Gasteiger partial charge in [-0.2, -0.15) is 0 Å². The highest BCUT2D eigenvalue weighted by Crippen LogP contribution is 2.41. The van der Waals surface area contributed by atoms with Crippen LogP contribution in [0, 0.1) is 16.0 Å². The number of hydrogen-bond acceptors (Lipinski definition) is 5. The van der Waals surface area contributed by atoms with Crippen molar-refractivity contribution in [2.75, 3.05) is 0 Å². The molecule has 1 saturated heterocycles. The molecular formula is C16H24N2O4. The lowest BCUT2D eigenvalue weighted by atomic mass is 9.69. The minimum atomic E-state index is -0.978. The van der Waals surface area contributed by atoms with Crippen LogP contribution >= 0.6 is 0 Å². The van der Waals surface area contributed by atoms with Crippen LogP contribution in [0.5, 0.6) is 0 Å². The first kappa shape index (κ1) is 16.9. The Morgan fingerprint density at radius 2 is 2.00 bits per heavy atom. The van der Waals surface area contributed by atoms with E-state index < -0.39 is 28.6 Å². The van der Waals surface area contributed by atoms with Crippen molar-refractivity contribution in [3.8, 4) is 0 Å². The average Bonchev–Trinajstić information content (AvgIpc) is 2.35. The second kappa shape index (κ2) is 5.61. The van der Waals surface area contributed by atoms with Crippen LogP contribution in [0.25, 0.3) is 0 Å². The van der Waals surface area contributed by atoms with Crippen LogP contribution in [0.4, 0.5) is 5.69 Å². The molecular weight excluding hydrogens is 284 g/mol. The second-order valence-corrected chi connectivity index (χ2v) is 7.32. The summed E-state index contributed by atoms with van der Waals surface area (Å²) in [5.41, 5.74) is -0.353. The Hall–Kier alpha value is -1.50. The topological polar surface area (TPSA) is 95.6 Å². The third kappa shape index (κ3) is 3.29. The van der Waals surface area contributed by atoms with Gasteiger partial charge in [-0.15, -0.1) is 0 Å². The Morgan fingerprint density at radius 3 is 2.55 bits per heavy atom. The minimum absolute atomic E-state index is 0.0621. The molecule has 0 unspecified atom stereocenters. The molecule has 6 heteroatoms. The molecule has 0 saturated carbocycles. The van der Waals surface area contributed by atoms with Gasteiger partial charge in [0.2, 0.25) is 0 Å². The molecule has 1 heterocycles. The number of nitrogens with zero attached hydrogens (tertiary/aromatic N) is 1. The van der Waals surface area contributed by atoms with Crippen LogP contribution in [0.15, 0.2) is 24.3 Å². The molecule has 1 aliphatic rings. The van der Waals surface area contributed by atoms with Crippen molar-refractivity contribution in [2.24, 2.45) is 5.92 Å². The zero-order chi connectivity index (χ0) is 16.7. The second-order valence-electron chi connectivity index (χ2n) is 7.32. The van der Waals surface area contributed by atoms with Crippen LogP contribution in [-0.4, -0.2) is 32.3 Å². The summed E-state index contributed by atoms with van der Waals surface area (Å²) in [6, 6.07) is 5.96. The van der Waals surface area contributed by atoms with Crippen molar-refractivity contribution in [1.29, 1.82) is 0 Å². The van der Waals surface area contributed by atoms with Crippen LogP contribution in [0.3, 0.4) is 0 Å². The number of nitro benzene ring substituents is 1. The standard InChI is InChI=1S/C16H24N2O4/c1-15(2)9-12(19)13(16(3,4)17-15)14(20)10-6-5-7-11(8-10)18(21)22/h5-8,12-14,17,19-20H,9H2,1-4H3/t12-,13-,14+/m0/s1. The summed E-state index contributed by atoms with van der Waals surface area (Å²) in [5.74, 6) is -0.456. The molecule has 3 N–H and O–H groups in total. The highest BCUT2D eigenvalue weighted by atomic mass is 16.6. The Balaban J connectivity index is 2.33. The molecule has 6 nitrogen and oxygen atoms in total. The monoisotopic (exact) mass is 308 g/mol. The van der Waals surface area contributed by atoms with Gasteiger partial charge in [0.1, 0.15) is 0 Å². The number of hydrogen-bond donors (Lipinski definition) is 3. The first-order chi connectivity index (χ1) is 10.0. The molecule has 1 aliphatic heterocycles. The maximum absolute atomic E-state index is 10.9. The lowest BCUT2D eigenvalue weighted by Gasteiger charge is -2.52. The van der Waals surface area contributed by atoms with Crippen molar-refractivity contribution in [1.82, 2.24) is 5.32 Å². The highest BCUT2D eigenvalue weighted by molar-refractivity contribution is 5.36. The van der Waals surface area contributed by atoms with E-state index in [0.717, 1.165) is 0 Å². The number of rotatable bonds is 3. The van der Waals surface area contributed by atoms with E-state index in [1.165, 1.54) is 12.1 Å². The van der Waals surface area contributed by atoms with Crippen LogP contribution < -0.4 is 5.32 Å². The summed E-state index contributed by atoms with van der Waals surface area (Å²) >= 11 is 0. The van der Waals surface area contributed by atoms with Crippen molar-refractivity contribution in [2.45, 2.75) is 57.4 Å². The van der Waals surface area contributed by atoms with Crippen molar-refractivity contribution in [3.05, 3.63) is 39.9 Å². The largest absolute Gasteiger partial charge is 0.393 e. The van der Waals surface area contributed by atoms with Gasteiger partial charge in [0, 0.05) is 29.1 Å². The zero-order valence-corrected chi connectivity index (χ0v) is 13.4. The Morgan fingerprint density at radius 1 is 1.36 bits per heavy atom. The molecule has 2 rings (SSSR count). The number of nitro groups is 1. The molecule has 1 aromatic rings. The number of nitrogens with one attached hydrogen (secondary N) is 1. The van der Waals surface area contributed by atoms with E-state index in [0.29, 0.717) is 12.0 Å². The van der Waals surface area contributed by atoms with Crippen LogP contribution in [0.2, 0.25) is 0 Å². The smallest absolute Gasteiger partial charge is 0.269 e. The van der Waals surface area contributed by atoms with Crippen molar-refractivity contribution in [3.63, 3.8) is 0 Å². The SMILES string of the molecule is CC1(C)C[C@H](O)[C@@H]([C@H](O)c2cccc([N+](=O)[O-])c2)C(C)(C)N1. The van der Waals surface area contributed by atoms with Gasteiger partial charge in [0.25, 0.3) is 5.69 Å². The van der Waals surface area contributed by atoms with Gasteiger partial charge in [0.05, 0.1) is 17.1 Å². The summed E-state index contributed by atoms with van der Waals surface area (Å²) in [5, 5.41) is 35.6. The summed E-state index contributed by atoms with van der Waals surface area (Å²) < 4.78 is 0. The minimum Gasteiger partial charge on any atom is -0.393 e. The molecule has 0 spiro atoms. The van der Waals surface area contributed by atoms with E-state index in [2.05, 4.69) is 5.32 Å². The Bertz CT molecular complexity index is 571. The molecule has 0 radical (unpaired) electrons. The predicted octanol–water partition coefficient (Wildman–Crippen LogP) is 2.16. The molecule has 0 aliphatic carbocycles. The third-order valence-electron chi connectivity index (χ3n) is 4.39. The molecule has 22 heavy (non-hydrogen) atoms. The maximum Gasteiger partial charge on any atom is 0.269 e. The van der Waals surface area contributed by atoms with Crippen LogP contribution in [-0.2, 0) is 0 Å². The van der Waals surface area contributed by atoms with Crippen LogP contribution in [0.1, 0.15) is 45.8 Å². The number of benzene rings is 1. The lowest BCUT2D eigenvalue weighted by Crippen LogP contribution is -2.65. The van der Waals surface area contributed by atoms with Gasteiger partial charge in [-0.3, -0.25) is 10.1 Å². The summed E-state index contributed by atoms with van der Waals surface area (Å²) in [4.78, 5) is 10.4. The average molecular weight is 308 g/mol.